The summed E-state index contributed by atoms with van der Waals surface area (Å²) in [4.78, 5) is 0. The number of fused-ring (bicyclic) bond motifs is 6. The second kappa shape index (κ2) is 3.60. The summed E-state index contributed by atoms with van der Waals surface area (Å²) in [6.07, 6.45) is 13.1. The number of hydrogen-bond donors (Lipinski definition) is 1. The largest absolute Gasteiger partial charge is 0.301 e. The van der Waals surface area contributed by atoms with Crippen LogP contribution < -0.4 is 5.32 Å². The molecule has 4 atom stereocenters. The molecule has 0 aromatic carbocycles. The van der Waals surface area contributed by atoms with Crippen molar-refractivity contribution in [1.29, 1.82) is 0 Å². The molecule has 1 saturated heterocycles. The van der Waals surface area contributed by atoms with Crippen LogP contribution in [0.1, 0.15) is 64.7 Å². The molecule has 2 aliphatic heterocycles. The lowest BCUT2D eigenvalue weighted by atomic mass is 9.64. The molecule has 2 fully saturated rings. The Bertz CT molecular complexity index is 370. The molecule has 1 heteroatoms. The molecule has 4 rings (SSSR count). The number of hydrogen-bond acceptors (Lipinski definition) is 1. The fraction of sp³-hybridized carbons (Fsp3) is 0.875. The van der Waals surface area contributed by atoms with E-state index in [0.717, 1.165) is 17.9 Å². The zero-order valence-electron chi connectivity index (χ0n) is 11.1. The summed E-state index contributed by atoms with van der Waals surface area (Å²) in [6.45, 7) is 2.54. The molecule has 17 heavy (non-hydrogen) atoms. The second-order valence-corrected chi connectivity index (χ2v) is 7.00. The van der Waals surface area contributed by atoms with E-state index in [1.165, 1.54) is 57.8 Å². The quantitative estimate of drug-likeness (QED) is 0.625. The van der Waals surface area contributed by atoms with Gasteiger partial charge in [-0.3, -0.25) is 0 Å². The highest BCUT2D eigenvalue weighted by Crippen LogP contribution is 2.54. The van der Waals surface area contributed by atoms with Crippen LogP contribution in [-0.4, -0.2) is 11.6 Å². The SMILES string of the molecule is C[C@@]12N[C@@H](CC3CCCCC31)C1=C2CCCC1. The van der Waals surface area contributed by atoms with Crippen molar-refractivity contribution in [2.75, 3.05) is 0 Å². The van der Waals surface area contributed by atoms with Gasteiger partial charge in [0.2, 0.25) is 0 Å². The number of nitrogens with one attached hydrogen (secondary N) is 1. The van der Waals surface area contributed by atoms with Gasteiger partial charge in [0, 0.05) is 11.6 Å². The standard InChI is InChI=1S/C16H25N/c1-16-13-8-4-2-6-11(13)10-15(17-16)12-7-3-5-9-14(12)16/h11,13,15,17H,2-10H2,1H3/t11?,13?,15-,16+/m0/s1. The number of rotatable bonds is 0. The summed E-state index contributed by atoms with van der Waals surface area (Å²) in [5, 5.41) is 4.03. The van der Waals surface area contributed by atoms with Crippen LogP contribution in [0.25, 0.3) is 0 Å². The van der Waals surface area contributed by atoms with E-state index >= 15 is 0 Å². The van der Waals surface area contributed by atoms with Crippen molar-refractivity contribution >= 4 is 0 Å². The Balaban J connectivity index is 1.76. The fourth-order valence-corrected chi connectivity index (χ4v) is 5.53. The lowest BCUT2D eigenvalue weighted by Crippen LogP contribution is -2.57. The molecule has 0 spiro atoms. The van der Waals surface area contributed by atoms with Crippen molar-refractivity contribution in [2.24, 2.45) is 11.8 Å². The number of piperidine rings is 1. The first-order chi connectivity index (χ1) is 8.29. The summed E-state index contributed by atoms with van der Waals surface area (Å²) in [5.41, 5.74) is 4.13. The monoisotopic (exact) mass is 231 g/mol. The Morgan fingerprint density at radius 3 is 2.82 bits per heavy atom. The van der Waals surface area contributed by atoms with Crippen LogP contribution in [0, 0.1) is 11.8 Å². The van der Waals surface area contributed by atoms with Gasteiger partial charge < -0.3 is 5.32 Å². The minimum Gasteiger partial charge on any atom is -0.301 e. The summed E-state index contributed by atoms with van der Waals surface area (Å²) in [5.74, 6) is 1.99. The van der Waals surface area contributed by atoms with E-state index in [0.29, 0.717) is 5.54 Å². The van der Waals surface area contributed by atoms with Crippen molar-refractivity contribution < 1.29 is 0 Å². The Hall–Kier alpha value is -0.300. The van der Waals surface area contributed by atoms with Gasteiger partial charge in [0.15, 0.2) is 0 Å². The van der Waals surface area contributed by atoms with Gasteiger partial charge in [-0.2, -0.15) is 0 Å². The molecule has 0 aromatic heterocycles. The predicted octanol–water partition coefficient (Wildman–Crippen LogP) is 3.80. The van der Waals surface area contributed by atoms with Gasteiger partial charge in [0.25, 0.3) is 0 Å². The molecule has 1 saturated carbocycles. The Labute approximate surface area is 105 Å². The second-order valence-electron chi connectivity index (χ2n) is 7.00. The Morgan fingerprint density at radius 2 is 1.88 bits per heavy atom. The van der Waals surface area contributed by atoms with Gasteiger partial charge in [-0.1, -0.05) is 24.8 Å². The van der Waals surface area contributed by atoms with Crippen molar-refractivity contribution in [3.63, 3.8) is 0 Å². The highest BCUT2D eigenvalue weighted by molar-refractivity contribution is 5.40. The third kappa shape index (κ3) is 1.35. The normalized spacial score (nSPS) is 48.9. The Morgan fingerprint density at radius 1 is 1.06 bits per heavy atom. The van der Waals surface area contributed by atoms with Gasteiger partial charge in [0.1, 0.15) is 0 Å². The van der Waals surface area contributed by atoms with E-state index in [2.05, 4.69) is 12.2 Å². The van der Waals surface area contributed by atoms with Crippen molar-refractivity contribution in [1.82, 2.24) is 5.32 Å². The van der Waals surface area contributed by atoms with Crippen LogP contribution in [0.2, 0.25) is 0 Å². The van der Waals surface area contributed by atoms with Crippen LogP contribution in [-0.2, 0) is 0 Å². The highest BCUT2D eigenvalue weighted by Gasteiger charge is 2.53. The maximum atomic E-state index is 4.03. The van der Waals surface area contributed by atoms with Crippen LogP contribution in [0.3, 0.4) is 0 Å². The molecular weight excluding hydrogens is 206 g/mol. The molecule has 2 heterocycles. The maximum absolute atomic E-state index is 4.03. The Kier molecular flexibility index (Phi) is 2.25. The molecule has 4 aliphatic rings. The van der Waals surface area contributed by atoms with Crippen molar-refractivity contribution in [3.8, 4) is 0 Å². The predicted molar refractivity (Wildman–Crippen MR) is 70.9 cm³/mol. The van der Waals surface area contributed by atoms with Gasteiger partial charge in [0.05, 0.1) is 0 Å². The molecule has 1 N–H and O–H groups in total. The fourth-order valence-electron chi connectivity index (χ4n) is 5.53. The minimum absolute atomic E-state index is 0.407. The van der Waals surface area contributed by atoms with E-state index in [-0.39, 0.29) is 0 Å². The summed E-state index contributed by atoms with van der Waals surface area (Å²) in [7, 11) is 0. The smallest absolute Gasteiger partial charge is 0.0404 e. The zero-order valence-corrected chi connectivity index (χ0v) is 11.1. The molecule has 94 valence electrons. The van der Waals surface area contributed by atoms with Crippen LogP contribution in [0.5, 0.6) is 0 Å². The molecule has 2 aliphatic carbocycles. The van der Waals surface area contributed by atoms with E-state index < -0.39 is 0 Å². The van der Waals surface area contributed by atoms with Crippen LogP contribution in [0.15, 0.2) is 11.1 Å². The third-order valence-corrected chi connectivity index (χ3v) is 6.22. The molecule has 0 aromatic rings. The molecule has 1 nitrogen and oxygen atoms in total. The average Bonchev–Trinajstić information content (AvgIpc) is 2.61. The molecule has 0 amide bonds. The van der Waals surface area contributed by atoms with Crippen LogP contribution >= 0.6 is 0 Å². The lowest BCUT2D eigenvalue weighted by molar-refractivity contribution is 0.0880. The van der Waals surface area contributed by atoms with Gasteiger partial charge in [-0.05, 0) is 62.9 Å². The molecule has 2 unspecified atom stereocenters. The molecule has 0 radical (unpaired) electrons. The zero-order chi connectivity index (χ0) is 11.5. The molecular formula is C16H25N. The van der Waals surface area contributed by atoms with Crippen molar-refractivity contribution in [2.45, 2.75) is 76.3 Å². The first-order valence-electron chi connectivity index (χ1n) is 7.79. The van der Waals surface area contributed by atoms with Crippen molar-refractivity contribution in [3.05, 3.63) is 11.1 Å². The maximum Gasteiger partial charge on any atom is 0.0404 e. The summed E-state index contributed by atoms with van der Waals surface area (Å²) < 4.78 is 0. The van der Waals surface area contributed by atoms with E-state index in [4.69, 9.17) is 0 Å². The summed E-state index contributed by atoms with van der Waals surface area (Å²) in [6, 6.07) is 0.773. The van der Waals surface area contributed by atoms with Gasteiger partial charge in [-0.25, -0.2) is 0 Å². The highest BCUT2D eigenvalue weighted by atomic mass is 15.1. The van der Waals surface area contributed by atoms with E-state index in [1.54, 1.807) is 0 Å². The van der Waals surface area contributed by atoms with E-state index in [1.807, 2.05) is 11.1 Å². The minimum atomic E-state index is 0.407. The first-order valence-corrected chi connectivity index (χ1v) is 7.79. The van der Waals surface area contributed by atoms with Gasteiger partial charge in [-0.15, -0.1) is 0 Å². The topological polar surface area (TPSA) is 12.0 Å². The van der Waals surface area contributed by atoms with Crippen LogP contribution in [0.4, 0.5) is 0 Å². The van der Waals surface area contributed by atoms with Gasteiger partial charge >= 0.3 is 0 Å². The lowest BCUT2D eigenvalue weighted by Gasteiger charge is -2.49. The molecule has 2 bridgehead atoms. The van der Waals surface area contributed by atoms with E-state index in [9.17, 15) is 0 Å². The summed E-state index contributed by atoms with van der Waals surface area (Å²) >= 11 is 0. The third-order valence-electron chi connectivity index (χ3n) is 6.22. The first kappa shape index (κ1) is 10.6. The average molecular weight is 231 g/mol.